The van der Waals surface area contributed by atoms with Crippen LogP contribution in [-0.4, -0.2) is 45.3 Å². The molecule has 1 aliphatic heterocycles. The highest BCUT2D eigenvalue weighted by Crippen LogP contribution is 2.26. The van der Waals surface area contributed by atoms with Crippen molar-refractivity contribution in [2.75, 3.05) is 11.9 Å². The average molecular weight is 319 g/mol. The van der Waals surface area contributed by atoms with Gasteiger partial charge in [0.1, 0.15) is 0 Å². The standard InChI is InChI=1S/C15H17N3O5/c19-12-8-23-11-2-1-10(17-13(11)18-12)7-16-9-3-5-15(22,6-4-9)14(20)21/h1-3,5,9,16,22H,4,6-8H2,(H,20,21)(H,17,18,19)/t9-,15+/m0/s1. The lowest BCUT2D eigenvalue weighted by Gasteiger charge is -2.27. The summed E-state index contributed by atoms with van der Waals surface area (Å²) in [6, 6.07) is 3.50. The molecule has 2 aliphatic rings. The van der Waals surface area contributed by atoms with E-state index in [4.69, 9.17) is 9.84 Å². The van der Waals surface area contributed by atoms with E-state index in [0.717, 1.165) is 5.69 Å². The zero-order valence-electron chi connectivity index (χ0n) is 12.3. The lowest BCUT2D eigenvalue weighted by molar-refractivity contribution is -0.154. The highest BCUT2D eigenvalue weighted by molar-refractivity contribution is 5.94. The van der Waals surface area contributed by atoms with Crippen molar-refractivity contribution in [3.63, 3.8) is 0 Å². The third-order valence-electron chi connectivity index (χ3n) is 3.89. The number of carbonyl (C=O) groups excluding carboxylic acids is 1. The van der Waals surface area contributed by atoms with Crippen molar-refractivity contribution in [1.82, 2.24) is 10.3 Å². The summed E-state index contributed by atoms with van der Waals surface area (Å²) in [4.78, 5) is 26.6. The fraction of sp³-hybridized carbons (Fsp3) is 0.400. The molecule has 1 aromatic rings. The molecule has 8 heteroatoms. The summed E-state index contributed by atoms with van der Waals surface area (Å²) in [6.07, 6.45) is 3.62. The highest BCUT2D eigenvalue weighted by Gasteiger charge is 2.35. The van der Waals surface area contributed by atoms with Crippen LogP contribution < -0.4 is 15.4 Å². The van der Waals surface area contributed by atoms with E-state index in [1.54, 1.807) is 18.2 Å². The van der Waals surface area contributed by atoms with Crippen molar-refractivity contribution < 1.29 is 24.5 Å². The summed E-state index contributed by atoms with van der Waals surface area (Å²) in [7, 11) is 0. The minimum Gasteiger partial charge on any atom is -0.480 e. The van der Waals surface area contributed by atoms with Crippen LogP contribution in [0.15, 0.2) is 24.3 Å². The third-order valence-corrected chi connectivity index (χ3v) is 3.89. The van der Waals surface area contributed by atoms with Gasteiger partial charge in [0, 0.05) is 12.6 Å². The molecule has 0 saturated carbocycles. The number of pyridine rings is 1. The van der Waals surface area contributed by atoms with Crippen LogP contribution in [0.25, 0.3) is 0 Å². The number of fused-ring (bicyclic) bond motifs is 1. The Morgan fingerprint density at radius 2 is 2.35 bits per heavy atom. The predicted octanol–water partition coefficient (Wildman–Crippen LogP) is 0.0364. The van der Waals surface area contributed by atoms with Crippen LogP contribution in [-0.2, 0) is 16.1 Å². The Morgan fingerprint density at radius 3 is 3.04 bits per heavy atom. The molecule has 23 heavy (non-hydrogen) atoms. The molecule has 0 bridgehead atoms. The number of amides is 1. The fourth-order valence-electron chi connectivity index (χ4n) is 2.52. The number of carboxylic acid groups (broad SMARTS) is 1. The Hall–Kier alpha value is -2.45. The van der Waals surface area contributed by atoms with Crippen LogP contribution >= 0.6 is 0 Å². The van der Waals surface area contributed by atoms with Gasteiger partial charge in [0.25, 0.3) is 5.91 Å². The Morgan fingerprint density at radius 1 is 1.52 bits per heavy atom. The minimum atomic E-state index is -1.77. The third kappa shape index (κ3) is 3.33. The number of nitrogens with zero attached hydrogens (tertiary/aromatic N) is 1. The van der Waals surface area contributed by atoms with E-state index in [2.05, 4.69) is 15.6 Å². The van der Waals surface area contributed by atoms with Gasteiger partial charge in [-0.25, -0.2) is 9.78 Å². The van der Waals surface area contributed by atoms with Gasteiger partial charge in [-0.15, -0.1) is 0 Å². The predicted molar refractivity (Wildman–Crippen MR) is 79.9 cm³/mol. The van der Waals surface area contributed by atoms with Crippen LogP contribution in [0, 0.1) is 0 Å². The van der Waals surface area contributed by atoms with Crippen molar-refractivity contribution in [3.8, 4) is 5.75 Å². The molecule has 0 radical (unpaired) electrons. The summed E-state index contributed by atoms with van der Waals surface area (Å²) in [6.45, 7) is 0.440. The van der Waals surface area contributed by atoms with Crippen LogP contribution in [0.3, 0.4) is 0 Å². The van der Waals surface area contributed by atoms with Gasteiger partial charge in [-0.1, -0.05) is 6.08 Å². The maximum Gasteiger partial charge on any atom is 0.339 e. The topological polar surface area (TPSA) is 121 Å². The van der Waals surface area contributed by atoms with Crippen LogP contribution in [0.2, 0.25) is 0 Å². The smallest absolute Gasteiger partial charge is 0.339 e. The van der Waals surface area contributed by atoms with E-state index in [0.29, 0.717) is 24.5 Å². The Kier molecular flexibility index (Phi) is 4.01. The molecule has 0 saturated heterocycles. The van der Waals surface area contributed by atoms with Crippen LogP contribution in [0.1, 0.15) is 18.5 Å². The normalized spacial score (nSPS) is 26.1. The molecule has 0 aromatic carbocycles. The number of hydrogen-bond acceptors (Lipinski definition) is 6. The van der Waals surface area contributed by atoms with E-state index in [1.807, 2.05) is 0 Å². The van der Waals surface area contributed by atoms with E-state index >= 15 is 0 Å². The summed E-state index contributed by atoms with van der Waals surface area (Å²) in [5, 5.41) is 24.6. The van der Waals surface area contributed by atoms with Crippen molar-refractivity contribution in [3.05, 3.63) is 30.0 Å². The van der Waals surface area contributed by atoms with E-state index < -0.39 is 11.6 Å². The molecule has 0 unspecified atom stereocenters. The summed E-state index contributed by atoms with van der Waals surface area (Å²) in [5.74, 6) is -0.532. The SMILES string of the molecule is O=C1COc2ccc(CN[C@H]3C=C[C@](O)(C(=O)O)CC3)nc2N1. The number of hydrogen-bond donors (Lipinski definition) is 4. The first kappa shape index (κ1) is 15.4. The van der Waals surface area contributed by atoms with Gasteiger partial charge >= 0.3 is 5.97 Å². The van der Waals surface area contributed by atoms with E-state index in [-0.39, 0.29) is 25.0 Å². The molecule has 1 aliphatic carbocycles. The molecule has 3 rings (SSSR count). The number of carboxylic acids is 1. The number of ether oxygens (including phenoxy) is 1. The molecule has 2 heterocycles. The number of carbonyl (C=O) groups is 2. The van der Waals surface area contributed by atoms with Gasteiger partial charge in [-0.2, -0.15) is 0 Å². The van der Waals surface area contributed by atoms with Gasteiger partial charge in [0.15, 0.2) is 23.8 Å². The lowest BCUT2D eigenvalue weighted by atomic mass is 9.89. The van der Waals surface area contributed by atoms with Crippen molar-refractivity contribution in [1.29, 1.82) is 0 Å². The minimum absolute atomic E-state index is 0.00830. The molecular formula is C15H17N3O5. The molecule has 4 N–H and O–H groups in total. The fourth-order valence-corrected chi connectivity index (χ4v) is 2.52. The highest BCUT2D eigenvalue weighted by atomic mass is 16.5. The quantitative estimate of drug-likeness (QED) is 0.578. The summed E-state index contributed by atoms with van der Waals surface area (Å²) in [5.41, 5.74) is -1.05. The second-order valence-electron chi connectivity index (χ2n) is 5.60. The largest absolute Gasteiger partial charge is 0.480 e. The first-order valence-electron chi connectivity index (χ1n) is 7.27. The maximum atomic E-state index is 11.3. The number of aromatic nitrogens is 1. The Balaban J connectivity index is 1.60. The number of anilines is 1. The molecule has 1 amide bonds. The molecule has 8 nitrogen and oxygen atoms in total. The average Bonchev–Trinajstić information content (AvgIpc) is 2.54. The first-order valence-corrected chi connectivity index (χ1v) is 7.27. The van der Waals surface area contributed by atoms with Crippen LogP contribution in [0.5, 0.6) is 5.75 Å². The zero-order chi connectivity index (χ0) is 16.4. The molecule has 2 atom stereocenters. The van der Waals surface area contributed by atoms with E-state index in [9.17, 15) is 14.7 Å². The molecular weight excluding hydrogens is 302 g/mol. The van der Waals surface area contributed by atoms with Gasteiger partial charge in [0.2, 0.25) is 0 Å². The monoisotopic (exact) mass is 319 g/mol. The number of nitrogens with one attached hydrogen (secondary N) is 2. The second-order valence-corrected chi connectivity index (χ2v) is 5.60. The number of aliphatic carboxylic acids is 1. The number of aliphatic hydroxyl groups is 1. The van der Waals surface area contributed by atoms with E-state index in [1.165, 1.54) is 6.08 Å². The Bertz CT molecular complexity index is 675. The zero-order valence-corrected chi connectivity index (χ0v) is 12.3. The van der Waals surface area contributed by atoms with Crippen molar-refractivity contribution in [2.24, 2.45) is 0 Å². The van der Waals surface area contributed by atoms with Gasteiger partial charge < -0.3 is 25.6 Å². The molecule has 0 fully saturated rings. The summed E-state index contributed by atoms with van der Waals surface area (Å²) >= 11 is 0. The lowest BCUT2D eigenvalue weighted by Crippen LogP contribution is -2.42. The van der Waals surface area contributed by atoms with Gasteiger partial charge in [0.05, 0.1) is 5.69 Å². The number of rotatable bonds is 4. The first-order chi connectivity index (χ1) is 11.0. The Labute approximate surface area is 132 Å². The molecule has 122 valence electrons. The van der Waals surface area contributed by atoms with Crippen LogP contribution in [0.4, 0.5) is 5.82 Å². The van der Waals surface area contributed by atoms with Crippen molar-refractivity contribution >= 4 is 17.7 Å². The van der Waals surface area contributed by atoms with Gasteiger partial charge in [-0.05, 0) is 31.1 Å². The van der Waals surface area contributed by atoms with Crippen molar-refractivity contribution in [2.45, 2.75) is 31.0 Å². The van der Waals surface area contributed by atoms with Gasteiger partial charge in [-0.3, -0.25) is 4.79 Å². The maximum absolute atomic E-state index is 11.3. The second kappa shape index (κ2) is 5.98. The summed E-state index contributed by atoms with van der Waals surface area (Å²) < 4.78 is 5.24. The molecule has 0 spiro atoms. The molecule has 1 aromatic heterocycles.